The molecule has 2 saturated heterocycles. The van der Waals surface area contributed by atoms with Gasteiger partial charge in [0, 0.05) is 38.8 Å². The van der Waals surface area contributed by atoms with Crippen LogP contribution in [0, 0.1) is 11.6 Å². The largest absolute Gasteiger partial charge is 0.365 e. The fraction of sp³-hybridized carbons (Fsp3) is 0.579. The number of para-hydroxylation sites is 1. The van der Waals surface area contributed by atoms with Crippen molar-refractivity contribution in [3.8, 4) is 0 Å². The molecule has 2 aliphatic heterocycles. The lowest BCUT2D eigenvalue weighted by Gasteiger charge is -2.21. The monoisotopic (exact) mass is 379 g/mol. The average Bonchev–Trinajstić information content (AvgIpc) is 3.32. The van der Waals surface area contributed by atoms with Crippen LogP contribution < -0.4 is 15.5 Å². The van der Waals surface area contributed by atoms with Gasteiger partial charge < -0.3 is 20.4 Å². The molecule has 0 spiro atoms. The topological polar surface area (TPSA) is 60.0 Å². The zero-order valence-corrected chi connectivity index (χ0v) is 15.7. The van der Waals surface area contributed by atoms with Crippen molar-refractivity contribution in [3.63, 3.8) is 0 Å². The number of halogens is 2. The van der Waals surface area contributed by atoms with Crippen molar-refractivity contribution in [1.29, 1.82) is 0 Å². The van der Waals surface area contributed by atoms with Gasteiger partial charge in [-0.05, 0) is 38.3 Å². The van der Waals surface area contributed by atoms with Gasteiger partial charge in [-0.3, -0.25) is 4.79 Å². The third-order valence-electron chi connectivity index (χ3n) is 4.96. The van der Waals surface area contributed by atoms with Crippen molar-refractivity contribution in [2.45, 2.75) is 32.2 Å². The molecule has 0 radical (unpaired) electrons. The number of carbonyl (C=O) groups is 1. The Kier molecular flexibility index (Phi) is 6.47. The summed E-state index contributed by atoms with van der Waals surface area (Å²) < 4.78 is 28.0. The summed E-state index contributed by atoms with van der Waals surface area (Å²) in [7, 11) is 0. The maximum Gasteiger partial charge on any atom is 0.244 e. The van der Waals surface area contributed by atoms with Crippen LogP contribution in [0.5, 0.6) is 0 Å². The summed E-state index contributed by atoms with van der Waals surface area (Å²) in [5.74, 6) is -0.503. The quantitative estimate of drug-likeness (QED) is 0.604. The number of nitrogens with one attached hydrogen (secondary N) is 2. The minimum absolute atomic E-state index is 0.00342. The van der Waals surface area contributed by atoms with E-state index in [2.05, 4.69) is 15.6 Å². The molecule has 1 atom stereocenters. The fourth-order valence-corrected chi connectivity index (χ4v) is 3.60. The van der Waals surface area contributed by atoms with Gasteiger partial charge in [0.1, 0.15) is 23.9 Å². The first-order valence-electron chi connectivity index (χ1n) is 9.60. The van der Waals surface area contributed by atoms with Gasteiger partial charge in [0.25, 0.3) is 0 Å². The van der Waals surface area contributed by atoms with Crippen LogP contribution in [0.4, 0.5) is 14.5 Å². The molecule has 6 nitrogen and oxygen atoms in total. The Balaban J connectivity index is 1.58. The van der Waals surface area contributed by atoms with Crippen molar-refractivity contribution < 1.29 is 13.6 Å². The fourth-order valence-electron chi connectivity index (χ4n) is 3.60. The lowest BCUT2D eigenvalue weighted by molar-refractivity contribution is -0.128. The molecule has 0 bridgehead atoms. The van der Waals surface area contributed by atoms with Gasteiger partial charge in [0.2, 0.25) is 5.91 Å². The molecule has 1 aromatic rings. The van der Waals surface area contributed by atoms with Gasteiger partial charge in [-0.2, -0.15) is 0 Å². The summed E-state index contributed by atoms with van der Waals surface area (Å²) >= 11 is 0. The van der Waals surface area contributed by atoms with E-state index < -0.39 is 11.6 Å². The van der Waals surface area contributed by atoms with Crippen LogP contribution in [0.1, 0.15) is 26.2 Å². The molecule has 0 aromatic heterocycles. The highest BCUT2D eigenvalue weighted by Gasteiger charge is 2.27. The normalized spacial score (nSPS) is 20.3. The molecule has 2 fully saturated rings. The molecule has 2 N–H and O–H groups in total. The molecular formula is C19H27F2N5O. The Bertz CT molecular complexity index is 670. The molecular weight excluding hydrogens is 352 g/mol. The highest BCUT2D eigenvalue weighted by Crippen LogP contribution is 2.26. The van der Waals surface area contributed by atoms with Gasteiger partial charge in [-0.1, -0.05) is 6.07 Å². The van der Waals surface area contributed by atoms with Crippen LogP contribution in [0.25, 0.3) is 0 Å². The number of likely N-dealkylation sites (tertiary alicyclic amines) is 1. The minimum Gasteiger partial charge on any atom is -0.365 e. The number of nitrogens with zero attached hydrogens (tertiary/aromatic N) is 3. The molecule has 8 heteroatoms. The van der Waals surface area contributed by atoms with E-state index in [4.69, 9.17) is 0 Å². The third kappa shape index (κ3) is 4.87. The smallest absolute Gasteiger partial charge is 0.244 e. The first-order valence-corrected chi connectivity index (χ1v) is 9.60. The van der Waals surface area contributed by atoms with E-state index in [1.165, 1.54) is 18.2 Å². The molecule has 0 saturated carbocycles. The number of aliphatic imine (C=N–C) groups is 1. The van der Waals surface area contributed by atoms with E-state index in [0.29, 0.717) is 25.6 Å². The van der Waals surface area contributed by atoms with Crippen molar-refractivity contribution in [2.75, 3.05) is 44.2 Å². The highest BCUT2D eigenvalue weighted by atomic mass is 19.1. The van der Waals surface area contributed by atoms with E-state index >= 15 is 0 Å². The van der Waals surface area contributed by atoms with Crippen molar-refractivity contribution in [1.82, 2.24) is 15.5 Å². The first kappa shape index (κ1) is 19.4. The second-order valence-corrected chi connectivity index (χ2v) is 6.93. The Labute approximate surface area is 158 Å². The lowest BCUT2D eigenvalue weighted by atomic mass is 10.2. The van der Waals surface area contributed by atoms with Crippen LogP contribution in [-0.2, 0) is 4.79 Å². The van der Waals surface area contributed by atoms with Gasteiger partial charge >= 0.3 is 0 Å². The summed E-state index contributed by atoms with van der Waals surface area (Å²) in [4.78, 5) is 20.1. The molecule has 3 rings (SSSR count). The SMILES string of the molecule is CCNC(=NCC(=O)N1CCCC1)NC1CCN(c2c(F)cccc2F)C1. The number of rotatable bonds is 5. The molecule has 2 heterocycles. The van der Waals surface area contributed by atoms with E-state index in [9.17, 15) is 13.6 Å². The zero-order chi connectivity index (χ0) is 19.2. The molecule has 27 heavy (non-hydrogen) atoms. The van der Waals surface area contributed by atoms with Crippen molar-refractivity contribution >= 4 is 17.6 Å². The van der Waals surface area contributed by atoms with E-state index in [1.807, 2.05) is 11.8 Å². The summed E-state index contributed by atoms with van der Waals surface area (Å²) in [6.07, 6.45) is 2.84. The van der Waals surface area contributed by atoms with Crippen LogP contribution in [0.2, 0.25) is 0 Å². The minimum atomic E-state index is -0.549. The van der Waals surface area contributed by atoms with Gasteiger partial charge in [-0.25, -0.2) is 13.8 Å². The second kappa shape index (κ2) is 9.01. The van der Waals surface area contributed by atoms with E-state index in [-0.39, 0.29) is 24.2 Å². The Hall–Kier alpha value is -2.38. The molecule has 1 aromatic carbocycles. The Morgan fingerprint density at radius 1 is 1.22 bits per heavy atom. The number of amides is 1. The van der Waals surface area contributed by atoms with Crippen LogP contribution in [0.15, 0.2) is 23.2 Å². The number of anilines is 1. The Morgan fingerprint density at radius 2 is 1.93 bits per heavy atom. The molecule has 0 aliphatic carbocycles. The maximum absolute atomic E-state index is 14.0. The number of hydrogen-bond acceptors (Lipinski definition) is 3. The third-order valence-corrected chi connectivity index (χ3v) is 4.96. The predicted molar refractivity (Wildman–Crippen MR) is 102 cm³/mol. The number of hydrogen-bond donors (Lipinski definition) is 2. The Morgan fingerprint density at radius 3 is 2.59 bits per heavy atom. The van der Waals surface area contributed by atoms with E-state index in [0.717, 1.165) is 32.4 Å². The van der Waals surface area contributed by atoms with Crippen LogP contribution >= 0.6 is 0 Å². The molecule has 2 aliphatic rings. The van der Waals surface area contributed by atoms with Crippen molar-refractivity contribution in [2.24, 2.45) is 4.99 Å². The van der Waals surface area contributed by atoms with E-state index in [1.54, 1.807) is 4.90 Å². The summed E-state index contributed by atoms with van der Waals surface area (Å²) in [6, 6.07) is 3.92. The molecule has 148 valence electrons. The predicted octanol–water partition coefficient (Wildman–Crippen LogP) is 1.72. The summed E-state index contributed by atoms with van der Waals surface area (Å²) in [5.41, 5.74) is 0.0213. The highest BCUT2D eigenvalue weighted by molar-refractivity contribution is 5.85. The average molecular weight is 379 g/mol. The number of guanidine groups is 1. The summed E-state index contributed by atoms with van der Waals surface area (Å²) in [5, 5.41) is 6.42. The maximum atomic E-state index is 14.0. The first-order chi connectivity index (χ1) is 13.1. The van der Waals surface area contributed by atoms with Gasteiger partial charge in [0.05, 0.1) is 0 Å². The number of carbonyl (C=O) groups excluding carboxylic acids is 1. The van der Waals surface area contributed by atoms with Crippen LogP contribution in [0.3, 0.4) is 0 Å². The standard InChI is InChI=1S/C19H27F2N5O/c1-2-22-19(23-12-17(27)25-9-3-4-10-25)24-14-8-11-26(13-14)18-15(20)6-5-7-16(18)21/h5-7,14H,2-4,8-13H2,1H3,(H2,22,23,24). The number of benzene rings is 1. The zero-order valence-electron chi connectivity index (χ0n) is 15.7. The lowest BCUT2D eigenvalue weighted by Crippen LogP contribution is -2.45. The summed E-state index contributed by atoms with van der Waals surface area (Å²) in [6.45, 7) is 5.38. The van der Waals surface area contributed by atoms with Crippen LogP contribution in [-0.4, -0.2) is 62.1 Å². The second-order valence-electron chi connectivity index (χ2n) is 6.93. The van der Waals surface area contributed by atoms with Gasteiger partial charge in [0.15, 0.2) is 5.96 Å². The molecule has 1 amide bonds. The van der Waals surface area contributed by atoms with Gasteiger partial charge in [-0.15, -0.1) is 0 Å². The molecule has 1 unspecified atom stereocenters. The van der Waals surface area contributed by atoms with Crippen molar-refractivity contribution in [3.05, 3.63) is 29.8 Å².